The fourth-order valence-electron chi connectivity index (χ4n) is 3.35. The number of piperidine rings is 1. The van der Waals surface area contributed by atoms with Crippen LogP contribution < -0.4 is 16.0 Å². The summed E-state index contributed by atoms with van der Waals surface area (Å²) in [6.07, 6.45) is 5.82. The molecule has 1 saturated heterocycles. The molecular weight excluding hydrogens is 256 g/mol. The Balaban J connectivity index is 1.85. The molecule has 1 aliphatic carbocycles. The van der Waals surface area contributed by atoms with E-state index in [4.69, 9.17) is 10.8 Å². The van der Waals surface area contributed by atoms with Gasteiger partial charge in [-0.25, -0.2) is 4.79 Å². The largest absolute Gasteiger partial charge is 0.465 e. The van der Waals surface area contributed by atoms with Crippen molar-refractivity contribution in [1.82, 2.24) is 10.3 Å². The lowest BCUT2D eigenvalue weighted by Gasteiger charge is -2.36. The van der Waals surface area contributed by atoms with Crippen LogP contribution in [0.25, 0.3) is 0 Å². The average molecular weight is 276 g/mol. The van der Waals surface area contributed by atoms with Crippen molar-refractivity contribution in [1.29, 1.82) is 0 Å². The summed E-state index contributed by atoms with van der Waals surface area (Å²) < 4.78 is 0. The monoisotopic (exact) mass is 276 g/mol. The zero-order valence-corrected chi connectivity index (χ0v) is 11.4. The van der Waals surface area contributed by atoms with Crippen molar-refractivity contribution in [2.45, 2.75) is 38.1 Å². The highest BCUT2D eigenvalue weighted by molar-refractivity contribution is 5.73. The van der Waals surface area contributed by atoms with Crippen molar-refractivity contribution in [2.24, 2.45) is 0 Å². The second kappa shape index (κ2) is 5.19. The molecule has 0 spiro atoms. The maximum atomic E-state index is 10.8. The van der Waals surface area contributed by atoms with E-state index >= 15 is 0 Å². The standard InChI is InChI=1S/C14H20N4O2/c15-11-7-16-12-5-1-4-10(12)13(11)18-6-2-3-9(8-18)17-14(19)20/h7,9,17H,1-6,8,15H2,(H,19,20)/t9-/m0/s1. The lowest BCUT2D eigenvalue weighted by molar-refractivity contribution is 0.188. The maximum absolute atomic E-state index is 10.8. The van der Waals surface area contributed by atoms with E-state index in [0.717, 1.165) is 50.0 Å². The lowest BCUT2D eigenvalue weighted by Crippen LogP contribution is -2.47. The number of nitrogen functional groups attached to an aromatic ring is 1. The molecule has 1 atom stereocenters. The van der Waals surface area contributed by atoms with Crippen molar-refractivity contribution in [3.8, 4) is 0 Å². The van der Waals surface area contributed by atoms with Gasteiger partial charge in [0, 0.05) is 24.8 Å². The van der Waals surface area contributed by atoms with Crippen LogP contribution >= 0.6 is 0 Å². The van der Waals surface area contributed by atoms with E-state index in [9.17, 15) is 4.79 Å². The molecule has 108 valence electrons. The number of aryl methyl sites for hydroxylation is 1. The molecule has 1 amide bonds. The SMILES string of the molecule is Nc1cnc2c(c1N1CCC[C@H](NC(=O)O)C1)CCC2. The van der Waals surface area contributed by atoms with Crippen LogP contribution in [0.3, 0.4) is 0 Å². The van der Waals surface area contributed by atoms with Gasteiger partial charge in [-0.15, -0.1) is 0 Å². The number of carbonyl (C=O) groups is 1. The summed E-state index contributed by atoms with van der Waals surface area (Å²) in [6.45, 7) is 1.62. The number of nitrogens with one attached hydrogen (secondary N) is 1. The number of anilines is 2. The molecule has 20 heavy (non-hydrogen) atoms. The molecule has 6 heteroatoms. The van der Waals surface area contributed by atoms with Crippen LogP contribution in [0.1, 0.15) is 30.5 Å². The Hall–Kier alpha value is -1.98. The minimum Gasteiger partial charge on any atom is -0.465 e. The molecule has 0 radical (unpaired) electrons. The van der Waals surface area contributed by atoms with Gasteiger partial charge in [0.2, 0.25) is 0 Å². The summed E-state index contributed by atoms with van der Waals surface area (Å²) in [4.78, 5) is 17.4. The van der Waals surface area contributed by atoms with Crippen molar-refractivity contribution in [3.63, 3.8) is 0 Å². The molecule has 1 aromatic heterocycles. The van der Waals surface area contributed by atoms with Crippen LogP contribution in [-0.4, -0.2) is 35.3 Å². The Kier molecular flexibility index (Phi) is 3.38. The van der Waals surface area contributed by atoms with Gasteiger partial charge in [-0.05, 0) is 37.7 Å². The Morgan fingerprint density at radius 2 is 2.30 bits per heavy atom. The number of hydrogen-bond acceptors (Lipinski definition) is 4. The summed E-state index contributed by atoms with van der Waals surface area (Å²) in [7, 11) is 0. The zero-order chi connectivity index (χ0) is 14.1. The number of rotatable bonds is 2. The van der Waals surface area contributed by atoms with Gasteiger partial charge < -0.3 is 21.1 Å². The highest BCUT2D eigenvalue weighted by atomic mass is 16.4. The maximum Gasteiger partial charge on any atom is 0.404 e. The first-order chi connectivity index (χ1) is 9.65. The number of nitrogens with zero attached hydrogens (tertiary/aromatic N) is 2. The number of hydrogen-bond donors (Lipinski definition) is 3. The van der Waals surface area contributed by atoms with Crippen LogP contribution in [0.15, 0.2) is 6.20 Å². The van der Waals surface area contributed by atoms with Crippen molar-refractivity contribution < 1.29 is 9.90 Å². The molecule has 2 heterocycles. The van der Waals surface area contributed by atoms with Crippen LogP contribution in [0.5, 0.6) is 0 Å². The van der Waals surface area contributed by atoms with Gasteiger partial charge in [0.25, 0.3) is 0 Å². The van der Waals surface area contributed by atoms with E-state index in [1.807, 2.05) is 0 Å². The molecule has 0 bridgehead atoms. The molecule has 0 unspecified atom stereocenters. The Morgan fingerprint density at radius 1 is 1.45 bits per heavy atom. The zero-order valence-electron chi connectivity index (χ0n) is 11.4. The Labute approximate surface area is 118 Å². The van der Waals surface area contributed by atoms with Crippen molar-refractivity contribution >= 4 is 17.5 Å². The van der Waals surface area contributed by atoms with E-state index < -0.39 is 6.09 Å². The number of aromatic nitrogens is 1. The molecular formula is C14H20N4O2. The Morgan fingerprint density at radius 3 is 3.10 bits per heavy atom. The third kappa shape index (κ3) is 2.37. The summed E-state index contributed by atoms with van der Waals surface area (Å²) >= 11 is 0. The third-order valence-corrected chi connectivity index (χ3v) is 4.17. The molecule has 0 aromatic carbocycles. The van der Waals surface area contributed by atoms with Gasteiger partial charge in [-0.1, -0.05) is 0 Å². The number of pyridine rings is 1. The summed E-state index contributed by atoms with van der Waals surface area (Å²) in [5.41, 5.74) is 10.3. The van der Waals surface area contributed by atoms with Gasteiger partial charge >= 0.3 is 6.09 Å². The molecule has 1 aliphatic heterocycles. The van der Waals surface area contributed by atoms with Crippen LogP contribution in [-0.2, 0) is 12.8 Å². The van der Waals surface area contributed by atoms with E-state index in [0.29, 0.717) is 12.2 Å². The smallest absolute Gasteiger partial charge is 0.404 e. The topological polar surface area (TPSA) is 91.5 Å². The summed E-state index contributed by atoms with van der Waals surface area (Å²) in [6, 6.07) is -0.0223. The fraction of sp³-hybridized carbons (Fsp3) is 0.571. The van der Waals surface area contributed by atoms with Gasteiger partial charge in [-0.3, -0.25) is 4.98 Å². The van der Waals surface area contributed by atoms with Gasteiger partial charge in [0.05, 0.1) is 17.6 Å². The van der Waals surface area contributed by atoms with Crippen LogP contribution in [0, 0.1) is 0 Å². The molecule has 1 aromatic rings. The van der Waals surface area contributed by atoms with Crippen molar-refractivity contribution in [2.75, 3.05) is 23.7 Å². The fourth-order valence-corrected chi connectivity index (χ4v) is 3.35. The number of fused-ring (bicyclic) bond motifs is 1. The summed E-state index contributed by atoms with van der Waals surface area (Å²) in [5, 5.41) is 11.5. The molecule has 2 aliphatic rings. The lowest BCUT2D eigenvalue weighted by atomic mass is 10.0. The second-order valence-corrected chi connectivity index (χ2v) is 5.58. The molecule has 1 fully saturated rings. The van der Waals surface area contributed by atoms with Gasteiger partial charge in [0.1, 0.15) is 0 Å². The number of nitrogens with two attached hydrogens (primary N) is 1. The summed E-state index contributed by atoms with van der Waals surface area (Å²) in [5.74, 6) is 0. The van der Waals surface area contributed by atoms with E-state index in [1.165, 1.54) is 5.56 Å². The van der Waals surface area contributed by atoms with Crippen molar-refractivity contribution in [3.05, 3.63) is 17.5 Å². The quantitative estimate of drug-likeness (QED) is 0.759. The van der Waals surface area contributed by atoms with E-state index in [1.54, 1.807) is 6.20 Å². The molecule has 0 saturated carbocycles. The Bertz CT molecular complexity index is 532. The van der Waals surface area contributed by atoms with Gasteiger partial charge in [0.15, 0.2) is 0 Å². The second-order valence-electron chi connectivity index (χ2n) is 5.58. The highest BCUT2D eigenvalue weighted by Gasteiger charge is 2.27. The van der Waals surface area contributed by atoms with Crippen LogP contribution in [0.4, 0.5) is 16.2 Å². The molecule has 3 rings (SSSR count). The molecule has 4 N–H and O–H groups in total. The highest BCUT2D eigenvalue weighted by Crippen LogP contribution is 2.35. The van der Waals surface area contributed by atoms with Gasteiger partial charge in [-0.2, -0.15) is 0 Å². The number of carboxylic acid groups (broad SMARTS) is 1. The van der Waals surface area contributed by atoms with E-state index in [2.05, 4.69) is 15.2 Å². The minimum atomic E-state index is -0.954. The first-order valence-electron chi connectivity index (χ1n) is 7.16. The number of amides is 1. The predicted molar refractivity (Wildman–Crippen MR) is 77.1 cm³/mol. The first-order valence-corrected chi connectivity index (χ1v) is 7.16. The first kappa shape index (κ1) is 13.0. The van der Waals surface area contributed by atoms with Crippen LogP contribution in [0.2, 0.25) is 0 Å². The normalized spacial score (nSPS) is 21.6. The molecule has 6 nitrogen and oxygen atoms in total. The predicted octanol–water partition coefficient (Wildman–Crippen LogP) is 1.39. The average Bonchev–Trinajstić information content (AvgIpc) is 2.86. The minimum absolute atomic E-state index is 0.0223. The van der Waals surface area contributed by atoms with E-state index in [-0.39, 0.29) is 6.04 Å². The third-order valence-electron chi connectivity index (χ3n) is 4.17.